The highest BCUT2D eigenvalue weighted by molar-refractivity contribution is 6.42. The average molecular weight is 372 g/mol. The maximum atomic E-state index is 12.3. The van der Waals surface area contributed by atoms with Gasteiger partial charge in [0, 0.05) is 17.4 Å². The van der Waals surface area contributed by atoms with Gasteiger partial charge in [0.05, 0.1) is 21.4 Å². The van der Waals surface area contributed by atoms with Gasteiger partial charge in [-0.2, -0.15) is 0 Å². The molecule has 124 valence electrons. The summed E-state index contributed by atoms with van der Waals surface area (Å²) in [5.74, 6) is -0.214. The lowest BCUT2D eigenvalue weighted by molar-refractivity contribution is 0.432. The Labute approximate surface area is 152 Å². The minimum atomic E-state index is -0.422. The predicted octanol–water partition coefficient (Wildman–Crippen LogP) is 4.43. The summed E-state index contributed by atoms with van der Waals surface area (Å²) in [6.45, 7) is 0. The van der Waals surface area contributed by atoms with Gasteiger partial charge in [0.1, 0.15) is 5.56 Å². The van der Waals surface area contributed by atoms with Gasteiger partial charge in [-0.1, -0.05) is 41.4 Å². The molecular formula is C18H11Cl2N3O2. The number of H-pyrrole nitrogens is 1. The lowest BCUT2D eigenvalue weighted by Gasteiger charge is -2.05. The van der Waals surface area contributed by atoms with E-state index < -0.39 is 5.56 Å². The van der Waals surface area contributed by atoms with Crippen molar-refractivity contribution in [1.29, 1.82) is 0 Å². The second kappa shape index (κ2) is 5.95. The highest BCUT2D eigenvalue weighted by Crippen LogP contribution is 2.33. The van der Waals surface area contributed by atoms with Crippen LogP contribution in [0.2, 0.25) is 10.0 Å². The van der Waals surface area contributed by atoms with Gasteiger partial charge in [0.15, 0.2) is 0 Å². The molecule has 0 atom stereocenters. The molecule has 1 aliphatic heterocycles. The third-order valence-electron chi connectivity index (χ3n) is 3.93. The summed E-state index contributed by atoms with van der Waals surface area (Å²) in [5.41, 5.74) is 2.70. The molecule has 2 aromatic carbocycles. The van der Waals surface area contributed by atoms with E-state index in [1.165, 1.54) is 4.68 Å². The predicted molar refractivity (Wildman–Crippen MR) is 101 cm³/mol. The first kappa shape index (κ1) is 15.7. The number of nitrogens with zero attached hydrogens (tertiary/aromatic N) is 2. The molecule has 0 unspecified atom stereocenters. The molecule has 25 heavy (non-hydrogen) atoms. The lowest BCUT2D eigenvalue weighted by atomic mass is 10.1. The van der Waals surface area contributed by atoms with Crippen LogP contribution >= 0.6 is 23.2 Å². The number of aliphatic imine (C=N–C) groups is 1. The number of aromatic nitrogens is 2. The van der Waals surface area contributed by atoms with E-state index in [9.17, 15) is 9.90 Å². The van der Waals surface area contributed by atoms with Crippen molar-refractivity contribution < 1.29 is 5.11 Å². The number of fused-ring (bicyclic) bond motifs is 1. The topological polar surface area (TPSA) is 70.4 Å². The zero-order valence-electron chi connectivity index (χ0n) is 12.7. The number of halogens is 2. The maximum Gasteiger partial charge on any atom is 0.275 e. The molecule has 0 amide bonds. The summed E-state index contributed by atoms with van der Waals surface area (Å²) in [7, 11) is 0. The van der Waals surface area contributed by atoms with Crippen molar-refractivity contribution in [3.05, 3.63) is 74.0 Å². The Morgan fingerprint density at radius 2 is 1.92 bits per heavy atom. The number of benzene rings is 2. The summed E-state index contributed by atoms with van der Waals surface area (Å²) in [6, 6.07) is 12.4. The minimum Gasteiger partial charge on any atom is -0.493 e. The number of allylic oxidation sites excluding steroid dienone is 1. The van der Waals surface area contributed by atoms with Gasteiger partial charge in [-0.25, -0.2) is 4.68 Å². The van der Waals surface area contributed by atoms with Crippen LogP contribution in [0.5, 0.6) is 5.88 Å². The zero-order chi connectivity index (χ0) is 17.6. The lowest BCUT2D eigenvalue weighted by Crippen LogP contribution is -2.05. The average Bonchev–Trinajstić information content (AvgIpc) is 3.14. The first-order chi connectivity index (χ1) is 12.0. The molecule has 0 saturated carbocycles. The van der Waals surface area contributed by atoms with Crippen LogP contribution in [0.15, 0.2) is 52.3 Å². The van der Waals surface area contributed by atoms with Crippen LogP contribution in [0.3, 0.4) is 0 Å². The molecule has 4 rings (SSSR count). The van der Waals surface area contributed by atoms with Gasteiger partial charge in [0.25, 0.3) is 5.56 Å². The summed E-state index contributed by atoms with van der Waals surface area (Å²) in [5, 5.41) is 13.8. The van der Waals surface area contributed by atoms with Crippen molar-refractivity contribution in [3.8, 4) is 11.6 Å². The Morgan fingerprint density at radius 3 is 2.72 bits per heavy atom. The van der Waals surface area contributed by atoms with Crippen molar-refractivity contribution in [2.24, 2.45) is 4.99 Å². The molecule has 1 aromatic heterocycles. The van der Waals surface area contributed by atoms with Gasteiger partial charge in [-0.05, 0) is 30.3 Å². The van der Waals surface area contributed by atoms with Crippen molar-refractivity contribution in [2.75, 3.05) is 0 Å². The van der Waals surface area contributed by atoms with Crippen molar-refractivity contribution in [3.63, 3.8) is 0 Å². The van der Waals surface area contributed by atoms with Gasteiger partial charge in [0.2, 0.25) is 5.88 Å². The Kier molecular flexibility index (Phi) is 3.75. The molecule has 0 radical (unpaired) electrons. The molecule has 3 aromatic rings. The van der Waals surface area contributed by atoms with Crippen molar-refractivity contribution in [2.45, 2.75) is 0 Å². The van der Waals surface area contributed by atoms with Crippen LogP contribution in [0.1, 0.15) is 11.1 Å². The second-order valence-corrected chi connectivity index (χ2v) is 6.30. The highest BCUT2D eigenvalue weighted by atomic mass is 35.5. The smallest absolute Gasteiger partial charge is 0.275 e. The molecule has 7 heteroatoms. The minimum absolute atomic E-state index is 0.143. The normalized spacial score (nSPS) is 14.2. The van der Waals surface area contributed by atoms with E-state index in [2.05, 4.69) is 10.1 Å². The summed E-state index contributed by atoms with van der Waals surface area (Å²) in [6.07, 6.45) is 3.28. The number of aromatic amines is 1. The molecular weight excluding hydrogens is 361 g/mol. The molecule has 5 nitrogen and oxygen atoms in total. The van der Waals surface area contributed by atoms with Gasteiger partial charge in [-0.15, -0.1) is 0 Å². The first-order valence-corrected chi connectivity index (χ1v) is 8.15. The van der Waals surface area contributed by atoms with E-state index in [0.717, 1.165) is 16.8 Å². The van der Waals surface area contributed by atoms with Crippen molar-refractivity contribution in [1.82, 2.24) is 9.78 Å². The quantitative estimate of drug-likeness (QED) is 0.699. The monoisotopic (exact) mass is 371 g/mol. The maximum absolute atomic E-state index is 12.3. The van der Waals surface area contributed by atoms with Crippen LogP contribution in [0.4, 0.5) is 5.69 Å². The molecule has 0 spiro atoms. The van der Waals surface area contributed by atoms with Crippen LogP contribution in [0.25, 0.3) is 17.3 Å². The van der Waals surface area contributed by atoms with Gasteiger partial charge in [-0.3, -0.25) is 14.9 Å². The Bertz CT molecular complexity index is 1110. The Balaban J connectivity index is 1.82. The number of rotatable bonds is 2. The van der Waals surface area contributed by atoms with E-state index in [1.807, 2.05) is 24.3 Å². The van der Waals surface area contributed by atoms with Crippen LogP contribution in [-0.4, -0.2) is 21.1 Å². The van der Waals surface area contributed by atoms with Crippen LogP contribution in [0, 0.1) is 0 Å². The number of aromatic hydroxyl groups is 1. The Hall–Kier alpha value is -2.76. The molecule has 2 heterocycles. The van der Waals surface area contributed by atoms with E-state index in [0.29, 0.717) is 15.7 Å². The standard InChI is InChI=1S/C18H11Cl2N3O2/c19-14-6-5-11(8-15(14)20)23-18(25)13(17(24)22-23)7-10-9-21-16-4-2-1-3-12(10)16/h1-9,25H,(H,22,24)/b10-7-. The molecule has 0 saturated heterocycles. The third-order valence-corrected chi connectivity index (χ3v) is 4.67. The summed E-state index contributed by atoms with van der Waals surface area (Å²) in [4.78, 5) is 16.6. The fraction of sp³-hybridized carbons (Fsp3) is 0. The first-order valence-electron chi connectivity index (χ1n) is 7.39. The number of hydrogen-bond donors (Lipinski definition) is 2. The second-order valence-electron chi connectivity index (χ2n) is 5.49. The fourth-order valence-corrected chi connectivity index (χ4v) is 2.98. The van der Waals surface area contributed by atoms with Gasteiger partial charge >= 0.3 is 0 Å². The number of para-hydroxylation sites is 1. The molecule has 2 N–H and O–H groups in total. The van der Waals surface area contributed by atoms with E-state index in [-0.39, 0.29) is 11.4 Å². The molecule has 0 bridgehead atoms. The SMILES string of the molecule is O=c1[nH]n(-c2ccc(Cl)c(Cl)c2)c(O)c1/C=C1/C=Nc2ccccc21. The van der Waals surface area contributed by atoms with Crippen LogP contribution in [-0.2, 0) is 0 Å². The van der Waals surface area contributed by atoms with E-state index in [4.69, 9.17) is 23.2 Å². The third kappa shape index (κ3) is 2.67. The van der Waals surface area contributed by atoms with Crippen molar-refractivity contribution >= 4 is 46.8 Å². The highest BCUT2D eigenvalue weighted by Gasteiger charge is 2.17. The number of nitrogens with one attached hydrogen (secondary N) is 1. The zero-order valence-corrected chi connectivity index (χ0v) is 14.2. The van der Waals surface area contributed by atoms with Crippen LogP contribution < -0.4 is 5.56 Å². The largest absolute Gasteiger partial charge is 0.493 e. The molecule has 1 aliphatic rings. The van der Waals surface area contributed by atoms with E-state index >= 15 is 0 Å². The van der Waals surface area contributed by atoms with Gasteiger partial charge < -0.3 is 5.11 Å². The summed E-state index contributed by atoms with van der Waals surface area (Å²) < 4.78 is 1.26. The fourth-order valence-electron chi connectivity index (χ4n) is 2.69. The molecule has 0 fully saturated rings. The van der Waals surface area contributed by atoms with E-state index in [1.54, 1.807) is 30.5 Å². The summed E-state index contributed by atoms with van der Waals surface area (Å²) >= 11 is 11.9. The number of hydrogen-bond acceptors (Lipinski definition) is 3. The molecule has 0 aliphatic carbocycles. The Morgan fingerprint density at radius 1 is 1.12 bits per heavy atom.